The number of rotatable bonds is 3. The minimum Gasteiger partial charge on any atom is -0.398 e. The molecule has 1 atom stereocenters. The van der Waals surface area contributed by atoms with Gasteiger partial charge in [-0.25, -0.2) is 0 Å². The van der Waals surface area contributed by atoms with Crippen molar-refractivity contribution in [1.82, 2.24) is 0 Å². The summed E-state index contributed by atoms with van der Waals surface area (Å²) in [5.74, 6) is -0.265. The first kappa shape index (κ1) is 12.7. The average molecular weight is 260 g/mol. The first-order chi connectivity index (χ1) is 8.59. The lowest BCUT2D eigenvalue weighted by Crippen LogP contribution is -2.12. The lowest BCUT2D eigenvalue weighted by molar-refractivity contribution is -0.117. The molecular weight excluding hydrogens is 246 g/mol. The Morgan fingerprint density at radius 3 is 2.28 bits per heavy atom. The van der Waals surface area contributed by atoms with Gasteiger partial charge < -0.3 is 5.73 Å². The molecule has 0 bridgehead atoms. The Morgan fingerprint density at radius 1 is 1.11 bits per heavy atom. The minimum atomic E-state index is -0.330. The van der Waals surface area contributed by atoms with Crippen molar-refractivity contribution in [2.45, 2.75) is 12.8 Å². The number of anilines is 1. The Kier molecular flexibility index (Phi) is 3.68. The summed E-state index contributed by atoms with van der Waals surface area (Å²) < 4.78 is 0. The molecule has 92 valence electrons. The van der Waals surface area contributed by atoms with Gasteiger partial charge in [-0.3, -0.25) is 4.79 Å². The molecule has 0 aliphatic rings. The third kappa shape index (κ3) is 2.54. The van der Waals surface area contributed by atoms with Gasteiger partial charge in [-0.05, 0) is 36.2 Å². The summed E-state index contributed by atoms with van der Waals surface area (Å²) in [6, 6.07) is 14.7. The quantitative estimate of drug-likeness (QED) is 0.855. The summed E-state index contributed by atoms with van der Waals surface area (Å²) in [5.41, 5.74) is 8.33. The van der Waals surface area contributed by atoms with E-state index in [-0.39, 0.29) is 11.7 Å². The maximum Gasteiger partial charge on any atom is 0.141 e. The largest absolute Gasteiger partial charge is 0.398 e. The summed E-state index contributed by atoms with van der Waals surface area (Å²) in [5, 5.41) is 0.655. The van der Waals surface area contributed by atoms with Crippen molar-refractivity contribution in [2.75, 3.05) is 5.73 Å². The van der Waals surface area contributed by atoms with Gasteiger partial charge in [-0.1, -0.05) is 41.9 Å². The molecule has 0 radical (unpaired) electrons. The van der Waals surface area contributed by atoms with E-state index in [1.165, 1.54) is 0 Å². The number of carbonyl (C=O) groups is 1. The molecule has 0 heterocycles. The highest BCUT2D eigenvalue weighted by Gasteiger charge is 2.20. The lowest BCUT2D eigenvalue weighted by Gasteiger charge is -2.16. The van der Waals surface area contributed by atoms with Gasteiger partial charge in [-0.15, -0.1) is 0 Å². The van der Waals surface area contributed by atoms with Crippen LogP contribution in [0.2, 0.25) is 5.02 Å². The van der Waals surface area contributed by atoms with E-state index >= 15 is 0 Å². The van der Waals surface area contributed by atoms with Crippen LogP contribution in [0, 0.1) is 0 Å². The first-order valence-electron chi connectivity index (χ1n) is 5.70. The first-order valence-corrected chi connectivity index (χ1v) is 6.07. The second kappa shape index (κ2) is 5.23. The summed E-state index contributed by atoms with van der Waals surface area (Å²) in [6.07, 6.45) is 0. The van der Waals surface area contributed by atoms with Crippen molar-refractivity contribution >= 4 is 23.1 Å². The van der Waals surface area contributed by atoms with Gasteiger partial charge >= 0.3 is 0 Å². The van der Waals surface area contributed by atoms with Crippen LogP contribution < -0.4 is 5.73 Å². The third-order valence-corrected chi connectivity index (χ3v) is 3.17. The van der Waals surface area contributed by atoms with Crippen molar-refractivity contribution < 1.29 is 4.79 Å². The van der Waals surface area contributed by atoms with Crippen molar-refractivity contribution in [1.29, 1.82) is 0 Å². The topological polar surface area (TPSA) is 43.1 Å². The minimum absolute atomic E-state index is 0.0650. The number of halogens is 1. The molecular formula is C15H14ClNO. The molecule has 0 saturated carbocycles. The van der Waals surface area contributed by atoms with E-state index in [1.807, 2.05) is 30.3 Å². The van der Waals surface area contributed by atoms with Crippen LogP contribution in [0.3, 0.4) is 0 Å². The van der Waals surface area contributed by atoms with Crippen LogP contribution in [-0.4, -0.2) is 5.78 Å². The average Bonchev–Trinajstić information content (AvgIpc) is 2.34. The predicted octanol–water partition coefficient (Wildman–Crippen LogP) is 3.64. The van der Waals surface area contributed by atoms with Crippen LogP contribution in [0.15, 0.2) is 48.5 Å². The van der Waals surface area contributed by atoms with Gasteiger partial charge in [0.2, 0.25) is 0 Å². The Bertz CT molecular complexity index is 563. The molecule has 2 aromatic rings. The van der Waals surface area contributed by atoms with E-state index in [1.54, 1.807) is 25.1 Å². The number of Topliss-reactive ketones (excluding diaryl/α,β-unsaturated/α-hetero) is 1. The molecule has 0 spiro atoms. The summed E-state index contributed by atoms with van der Waals surface area (Å²) in [4.78, 5) is 11.9. The fourth-order valence-electron chi connectivity index (χ4n) is 2.06. The molecule has 0 fully saturated rings. The molecule has 0 aromatic heterocycles. The van der Waals surface area contributed by atoms with Crippen LogP contribution in [0.1, 0.15) is 24.0 Å². The maximum absolute atomic E-state index is 11.9. The molecule has 2 nitrogen and oxygen atoms in total. The number of hydrogen-bond acceptors (Lipinski definition) is 2. The monoisotopic (exact) mass is 259 g/mol. The van der Waals surface area contributed by atoms with Gasteiger partial charge in [0.1, 0.15) is 5.78 Å². The predicted molar refractivity (Wildman–Crippen MR) is 74.8 cm³/mol. The summed E-state index contributed by atoms with van der Waals surface area (Å²) >= 11 is 5.86. The van der Waals surface area contributed by atoms with E-state index in [9.17, 15) is 4.79 Å². The summed E-state index contributed by atoms with van der Waals surface area (Å²) in [7, 11) is 0. The zero-order valence-corrected chi connectivity index (χ0v) is 10.8. The van der Waals surface area contributed by atoms with Gasteiger partial charge in [-0.2, -0.15) is 0 Å². The molecule has 0 amide bonds. The molecule has 0 aliphatic carbocycles. The van der Waals surface area contributed by atoms with Gasteiger partial charge in [0.15, 0.2) is 0 Å². The van der Waals surface area contributed by atoms with Crippen LogP contribution >= 0.6 is 11.6 Å². The highest BCUT2D eigenvalue weighted by atomic mass is 35.5. The second-order valence-electron chi connectivity index (χ2n) is 4.22. The van der Waals surface area contributed by atoms with Gasteiger partial charge in [0.25, 0.3) is 0 Å². The number of ketones is 1. The lowest BCUT2D eigenvalue weighted by atomic mass is 9.87. The molecule has 0 aliphatic heterocycles. The van der Waals surface area contributed by atoms with E-state index in [2.05, 4.69) is 0 Å². The number of nitrogen functional groups attached to an aromatic ring is 1. The zero-order chi connectivity index (χ0) is 13.1. The molecule has 2 rings (SSSR count). The fraction of sp³-hybridized carbons (Fsp3) is 0.133. The van der Waals surface area contributed by atoms with Gasteiger partial charge in [0, 0.05) is 10.7 Å². The highest BCUT2D eigenvalue weighted by Crippen LogP contribution is 2.30. The SMILES string of the molecule is CC(=O)C(c1ccc(Cl)cc1)c1ccccc1N. The van der Waals surface area contributed by atoms with Crippen LogP contribution in [0.4, 0.5) is 5.69 Å². The van der Waals surface area contributed by atoms with E-state index < -0.39 is 0 Å². The number of para-hydroxylation sites is 1. The second-order valence-corrected chi connectivity index (χ2v) is 4.66. The van der Waals surface area contributed by atoms with E-state index in [4.69, 9.17) is 17.3 Å². The Balaban J connectivity index is 2.50. The Morgan fingerprint density at radius 2 is 1.72 bits per heavy atom. The normalized spacial score (nSPS) is 12.1. The highest BCUT2D eigenvalue weighted by molar-refractivity contribution is 6.30. The smallest absolute Gasteiger partial charge is 0.141 e. The third-order valence-electron chi connectivity index (χ3n) is 2.92. The van der Waals surface area contributed by atoms with Crippen molar-refractivity contribution in [3.8, 4) is 0 Å². The van der Waals surface area contributed by atoms with Crippen molar-refractivity contribution in [3.05, 3.63) is 64.7 Å². The Hall–Kier alpha value is -1.80. The van der Waals surface area contributed by atoms with Crippen LogP contribution in [-0.2, 0) is 4.79 Å². The fourth-order valence-corrected chi connectivity index (χ4v) is 2.19. The van der Waals surface area contributed by atoms with Crippen LogP contribution in [0.25, 0.3) is 0 Å². The van der Waals surface area contributed by atoms with Gasteiger partial charge in [0.05, 0.1) is 5.92 Å². The Labute approximate surface area is 111 Å². The van der Waals surface area contributed by atoms with Crippen molar-refractivity contribution in [3.63, 3.8) is 0 Å². The molecule has 1 unspecified atom stereocenters. The number of hydrogen-bond donors (Lipinski definition) is 1. The number of carbonyl (C=O) groups excluding carboxylic acids is 1. The van der Waals surface area contributed by atoms with Crippen molar-refractivity contribution in [2.24, 2.45) is 0 Å². The molecule has 2 N–H and O–H groups in total. The molecule has 3 heteroatoms. The van der Waals surface area contributed by atoms with E-state index in [0.29, 0.717) is 10.7 Å². The molecule has 2 aromatic carbocycles. The standard InChI is InChI=1S/C15H14ClNO/c1-10(18)15(11-6-8-12(16)9-7-11)13-4-2-3-5-14(13)17/h2-9,15H,17H2,1H3. The van der Waals surface area contributed by atoms with E-state index in [0.717, 1.165) is 11.1 Å². The summed E-state index contributed by atoms with van der Waals surface area (Å²) in [6.45, 7) is 1.58. The maximum atomic E-state index is 11.9. The van der Waals surface area contributed by atoms with Crippen LogP contribution in [0.5, 0.6) is 0 Å². The number of nitrogens with two attached hydrogens (primary N) is 1. The molecule has 18 heavy (non-hydrogen) atoms. The number of benzene rings is 2. The zero-order valence-electron chi connectivity index (χ0n) is 10.1. The molecule has 0 saturated heterocycles.